The maximum atomic E-state index is 12.1. The number of fused-ring (bicyclic) bond motifs is 1. The molecule has 0 atom stereocenters. The van der Waals surface area contributed by atoms with E-state index in [9.17, 15) is 13.6 Å². The molecular formula is C22H22ClF2N3O2S. The van der Waals surface area contributed by atoms with Gasteiger partial charge in [-0.25, -0.2) is 4.09 Å². The average molecular weight is 466 g/mol. The van der Waals surface area contributed by atoms with E-state index >= 15 is 0 Å². The zero-order valence-corrected chi connectivity index (χ0v) is 18.5. The highest BCUT2D eigenvalue weighted by molar-refractivity contribution is 7.97. The Labute approximate surface area is 189 Å². The van der Waals surface area contributed by atoms with Gasteiger partial charge in [-0.3, -0.25) is 4.79 Å². The van der Waals surface area contributed by atoms with Gasteiger partial charge < -0.3 is 9.64 Å². The van der Waals surface area contributed by atoms with Crippen LogP contribution in [0.15, 0.2) is 65.7 Å². The van der Waals surface area contributed by atoms with E-state index in [0.29, 0.717) is 19.5 Å². The Hall–Kier alpha value is -2.58. The van der Waals surface area contributed by atoms with Gasteiger partial charge in [0.25, 0.3) is 0 Å². The summed E-state index contributed by atoms with van der Waals surface area (Å²) in [5, 5.41) is 5.28. The van der Waals surface area contributed by atoms with E-state index in [0.717, 1.165) is 27.6 Å². The molecule has 0 saturated heterocycles. The molecule has 1 aliphatic rings. The molecule has 0 fully saturated rings. The van der Waals surface area contributed by atoms with Crippen LogP contribution in [0.25, 0.3) is 0 Å². The third kappa shape index (κ3) is 6.97. The summed E-state index contributed by atoms with van der Waals surface area (Å²) < 4.78 is 30.3. The molecule has 2 aromatic carbocycles. The highest BCUT2D eigenvalue weighted by Crippen LogP contribution is 2.28. The number of nitrogens with zero attached hydrogens (tertiary/aromatic N) is 3. The summed E-state index contributed by atoms with van der Waals surface area (Å²) in [6.45, 7) is 0.302. The van der Waals surface area contributed by atoms with Gasteiger partial charge in [0, 0.05) is 46.6 Å². The molecule has 1 amide bonds. The summed E-state index contributed by atoms with van der Waals surface area (Å²) in [5.74, 6) is 0.284. The van der Waals surface area contributed by atoms with E-state index in [1.807, 2.05) is 48.4 Å². The number of benzene rings is 2. The van der Waals surface area contributed by atoms with Gasteiger partial charge in [-0.1, -0.05) is 36.7 Å². The van der Waals surface area contributed by atoms with Crippen LogP contribution in [-0.4, -0.2) is 26.6 Å². The molecule has 0 aliphatic carbocycles. The van der Waals surface area contributed by atoms with Gasteiger partial charge in [0.2, 0.25) is 5.91 Å². The van der Waals surface area contributed by atoms with Crippen molar-refractivity contribution in [2.75, 3.05) is 0 Å². The first-order valence-electron chi connectivity index (χ1n) is 9.73. The lowest BCUT2D eigenvalue weighted by Crippen LogP contribution is -2.25. The highest BCUT2D eigenvalue weighted by atomic mass is 35.5. The lowest BCUT2D eigenvalue weighted by Gasteiger charge is -2.14. The van der Waals surface area contributed by atoms with Crippen molar-refractivity contribution in [3.8, 4) is 5.75 Å². The summed E-state index contributed by atoms with van der Waals surface area (Å²) in [6.07, 6.45) is 3.31. The Morgan fingerprint density at radius 2 is 1.87 bits per heavy atom. The van der Waals surface area contributed by atoms with Gasteiger partial charge in [-0.15, -0.1) is 0 Å². The number of hydrogen-bond donors (Lipinski definition) is 0. The van der Waals surface area contributed by atoms with Crippen molar-refractivity contribution in [1.82, 2.24) is 14.1 Å². The van der Waals surface area contributed by atoms with Crippen molar-refractivity contribution < 1.29 is 18.3 Å². The van der Waals surface area contributed by atoms with Crippen molar-refractivity contribution >= 4 is 29.5 Å². The second kappa shape index (κ2) is 11.2. The highest BCUT2D eigenvalue weighted by Gasteiger charge is 2.25. The third-order valence-electron chi connectivity index (χ3n) is 4.36. The predicted molar refractivity (Wildman–Crippen MR) is 117 cm³/mol. The Morgan fingerprint density at radius 1 is 1.16 bits per heavy atom. The van der Waals surface area contributed by atoms with Crippen molar-refractivity contribution in [1.29, 1.82) is 0 Å². The molecule has 1 aliphatic heterocycles. The summed E-state index contributed by atoms with van der Waals surface area (Å²) in [6, 6.07) is 15.8. The van der Waals surface area contributed by atoms with E-state index in [4.69, 9.17) is 11.6 Å². The zero-order chi connectivity index (χ0) is 22.2. The number of aromatic nitrogens is 2. The number of carbonyl (C=O) groups is 1. The van der Waals surface area contributed by atoms with Crippen LogP contribution in [0.2, 0.25) is 5.02 Å². The van der Waals surface area contributed by atoms with Crippen molar-refractivity contribution in [3.63, 3.8) is 0 Å². The lowest BCUT2D eigenvalue weighted by atomic mass is 10.3. The fraction of sp³-hybridized carbons (Fsp3) is 0.273. The molecule has 0 radical (unpaired) electrons. The SMILES string of the molecule is CCCC(=O)N1Cc2cn(Sc3ccc(OC(F)F)cc3)nc2C1.Clc1ccccc1. The smallest absolute Gasteiger partial charge is 0.387 e. The summed E-state index contributed by atoms with van der Waals surface area (Å²) in [5.41, 5.74) is 1.95. The standard InChI is InChI=1S/C16H17F2N3O2S.C6H5Cl/c1-2-3-15(22)20-8-11-9-21(19-14(11)10-20)24-13-6-4-12(5-7-13)23-16(17)18;7-6-4-2-1-3-5-6/h4-7,9,16H,2-3,8,10H2,1H3;1-5H. The molecule has 0 bridgehead atoms. The number of amides is 1. The minimum absolute atomic E-state index is 0.127. The van der Waals surface area contributed by atoms with Crippen molar-refractivity contribution in [2.45, 2.75) is 44.4 Å². The molecule has 3 aromatic rings. The van der Waals surface area contributed by atoms with Gasteiger partial charge in [0.05, 0.1) is 12.2 Å². The quantitative estimate of drug-likeness (QED) is 0.446. The molecule has 9 heteroatoms. The minimum Gasteiger partial charge on any atom is -0.435 e. The number of hydrogen-bond acceptors (Lipinski definition) is 4. The van der Waals surface area contributed by atoms with Crippen LogP contribution < -0.4 is 4.74 Å². The maximum absolute atomic E-state index is 12.1. The number of carbonyl (C=O) groups excluding carboxylic acids is 1. The third-order valence-corrected chi connectivity index (χ3v) is 5.46. The molecule has 164 valence electrons. The van der Waals surface area contributed by atoms with Crippen LogP contribution in [0.1, 0.15) is 31.0 Å². The Kier molecular flexibility index (Phi) is 8.31. The topological polar surface area (TPSA) is 47.4 Å². The first-order valence-corrected chi connectivity index (χ1v) is 10.9. The molecule has 0 N–H and O–H groups in total. The van der Waals surface area contributed by atoms with Crippen LogP contribution in [-0.2, 0) is 17.9 Å². The molecular weight excluding hydrogens is 444 g/mol. The summed E-state index contributed by atoms with van der Waals surface area (Å²) in [7, 11) is 0. The van der Waals surface area contributed by atoms with E-state index in [1.54, 1.807) is 16.2 Å². The molecule has 1 aromatic heterocycles. The van der Waals surface area contributed by atoms with Crippen molar-refractivity contribution in [3.05, 3.63) is 77.1 Å². The number of rotatable bonds is 6. The molecule has 0 unspecified atom stereocenters. The van der Waals surface area contributed by atoms with Gasteiger partial charge >= 0.3 is 6.61 Å². The van der Waals surface area contributed by atoms with Crippen LogP contribution in [0.4, 0.5) is 8.78 Å². The van der Waals surface area contributed by atoms with E-state index < -0.39 is 6.61 Å². The lowest BCUT2D eigenvalue weighted by molar-refractivity contribution is -0.131. The Bertz CT molecular complexity index is 961. The summed E-state index contributed by atoms with van der Waals surface area (Å²) >= 11 is 6.92. The van der Waals surface area contributed by atoms with Crippen molar-refractivity contribution in [2.24, 2.45) is 0 Å². The van der Waals surface area contributed by atoms with Gasteiger partial charge in [-0.05, 0) is 42.8 Å². The molecule has 5 nitrogen and oxygen atoms in total. The normalized spacial score (nSPS) is 12.4. The number of ether oxygens (including phenoxy) is 1. The largest absolute Gasteiger partial charge is 0.435 e. The average Bonchev–Trinajstić information content (AvgIpc) is 3.29. The van der Waals surface area contributed by atoms with Crippen LogP contribution in [0, 0.1) is 0 Å². The van der Waals surface area contributed by atoms with Gasteiger partial charge in [0.1, 0.15) is 5.75 Å². The van der Waals surface area contributed by atoms with Gasteiger partial charge in [-0.2, -0.15) is 13.9 Å². The van der Waals surface area contributed by atoms with Crippen LogP contribution in [0.5, 0.6) is 5.75 Å². The molecule has 0 saturated carbocycles. The number of halogens is 3. The minimum atomic E-state index is -2.82. The monoisotopic (exact) mass is 465 g/mol. The molecule has 0 spiro atoms. The molecule has 2 heterocycles. The molecule has 4 rings (SSSR count). The first-order chi connectivity index (χ1) is 14.9. The van der Waals surface area contributed by atoms with E-state index in [2.05, 4.69) is 9.84 Å². The molecule has 31 heavy (non-hydrogen) atoms. The predicted octanol–water partition coefficient (Wildman–Crippen LogP) is 6.02. The Morgan fingerprint density at radius 3 is 2.42 bits per heavy atom. The van der Waals surface area contributed by atoms with Crippen LogP contribution in [0.3, 0.4) is 0 Å². The van der Waals surface area contributed by atoms with Crippen LogP contribution >= 0.6 is 23.5 Å². The maximum Gasteiger partial charge on any atom is 0.387 e. The first kappa shape index (κ1) is 23.1. The van der Waals surface area contributed by atoms with E-state index in [-0.39, 0.29) is 11.7 Å². The fourth-order valence-corrected chi connectivity index (χ4v) is 3.87. The van der Waals surface area contributed by atoms with E-state index in [1.165, 1.54) is 24.1 Å². The Balaban J connectivity index is 0.000000330. The zero-order valence-electron chi connectivity index (χ0n) is 16.9. The second-order valence-corrected chi connectivity index (χ2v) is 8.20. The fourth-order valence-electron chi connectivity index (χ4n) is 2.93. The number of alkyl halides is 2. The second-order valence-electron chi connectivity index (χ2n) is 6.74. The van der Waals surface area contributed by atoms with Gasteiger partial charge in [0.15, 0.2) is 0 Å². The summed E-state index contributed by atoms with van der Waals surface area (Å²) in [4.78, 5) is 14.6.